The van der Waals surface area contributed by atoms with Crippen molar-refractivity contribution in [1.82, 2.24) is 15.1 Å². The first kappa shape index (κ1) is 15.3. The van der Waals surface area contributed by atoms with Gasteiger partial charge in [-0.25, -0.2) is 0 Å². The van der Waals surface area contributed by atoms with Crippen LogP contribution in [-0.2, 0) is 0 Å². The van der Waals surface area contributed by atoms with E-state index < -0.39 is 0 Å². The maximum Gasteiger partial charge on any atom is 0.0195 e. The van der Waals surface area contributed by atoms with E-state index in [0.717, 1.165) is 12.1 Å². The lowest BCUT2D eigenvalue weighted by Crippen LogP contribution is -2.51. The number of rotatable bonds is 6. The Kier molecular flexibility index (Phi) is 6.62. The highest BCUT2D eigenvalue weighted by molar-refractivity contribution is 4.81. The second-order valence-corrected chi connectivity index (χ2v) is 6.50. The van der Waals surface area contributed by atoms with E-state index in [1.807, 2.05) is 0 Å². The van der Waals surface area contributed by atoms with E-state index in [1.165, 1.54) is 77.8 Å². The second kappa shape index (κ2) is 8.23. The normalized spacial score (nSPS) is 28.4. The summed E-state index contributed by atoms with van der Waals surface area (Å²) < 4.78 is 0. The topological polar surface area (TPSA) is 18.5 Å². The first-order valence-corrected chi connectivity index (χ1v) is 8.49. The lowest BCUT2D eigenvalue weighted by Gasteiger charge is -2.39. The number of likely N-dealkylation sites (tertiary alicyclic amines) is 2. The standard InChI is InChI=1S/C16H33N3/c1-3-9-17-16-8-7-10-18(14-16)13-15(2)19-11-5-4-6-12-19/h15-17H,3-14H2,1-2H3. The van der Waals surface area contributed by atoms with Crippen LogP contribution in [0.3, 0.4) is 0 Å². The molecule has 0 aromatic carbocycles. The molecule has 19 heavy (non-hydrogen) atoms. The van der Waals surface area contributed by atoms with Crippen molar-refractivity contribution in [3.63, 3.8) is 0 Å². The van der Waals surface area contributed by atoms with Crippen molar-refractivity contribution in [3.8, 4) is 0 Å². The molecule has 2 atom stereocenters. The summed E-state index contributed by atoms with van der Waals surface area (Å²) in [5, 5.41) is 3.70. The number of nitrogens with one attached hydrogen (secondary N) is 1. The van der Waals surface area contributed by atoms with Gasteiger partial charge in [-0.3, -0.25) is 4.90 Å². The third-order valence-corrected chi connectivity index (χ3v) is 4.72. The van der Waals surface area contributed by atoms with Crippen LogP contribution >= 0.6 is 0 Å². The largest absolute Gasteiger partial charge is 0.313 e. The molecule has 0 amide bonds. The van der Waals surface area contributed by atoms with Crippen molar-refractivity contribution >= 4 is 0 Å². The van der Waals surface area contributed by atoms with E-state index in [0.29, 0.717) is 0 Å². The molecule has 0 radical (unpaired) electrons. The van der Waals surface area contributed by atoms with Gasteiger partial charge in [0.2, 0.25) is 0 Å². The molecule has 0 saturated carbocycles. The highest BCUT2D eigenvalue weighted by atomic mass is 15.2. The number of hydrogen-bond acceptors (Lipinski definition) is 3. The lowest BCUT2D eigenvalue weighted by atomic mass is 10.0. The fraction of sp³-hybridized carbons (Fsp3) is 1.00. The van der Waals surface area contributed by atoms with Crippen LogP contribution in [-0.4, -0.2) is 61.2 Å². The first-order chi connectivity index (χ1) is 9.29. The van der Waals surface area contributed by atoms with Crippen LogP contribution in [0.2, 0.25) is 0 Å². The monoisotopic (exact) mass is 267 g/mol. The Labute approximate surface area is 119 Å². The van der Waals surface area contributed by atoms with E-state index >= 15 is 0 Å². The van der Waals surface area contributed by atoms with Gasteiger partial charge >= 0.3 is 0 Å². The third kappa shape index (κ3) is 5.05. The molecule has 3 heteroatoms. The molecule has 1 N–H and O–H groups in total. The highest BCUT2D eigenvalue weighted by Crippen LogP contribution is 2.15. The van der Waals surface area contributed by atoms with Crippen molar-refractivity contribution in [1.29, 1.82) is 0 Å². The average Bonchev–Trinajstić information content (AvgIpc) is 2.46. The molecular formula is C16H33N3. The zero-order valence-electron chi connectivity index (χ0n) is 13.0. The summed E-state index contributed by atoms with van der Waals surface area (Å²) in [7, 11) is 0. The van der Waals surface area contributed by atoms with Gasteiger partial charge < -0.3 is 10.2 Å². The fourth-order valence-electron chi connectivity index (χ4n) is 3.58. The molecule has 2 heterocycles. The van der Waals surface area contributed by atoms with Gasteiger partial charge in [0.15, 0.2) is 0 Å². The smallest absolute Gasteiger partial charge is 0.0195 e. The van der Waals surface area contributed by atoms with Crippen LogP contribution in [0.5, 0.6) is 0 Å². The van der Waals surface area contributed by atoms with Gasteiger partial charge in [-0.05, 0) is 65.2 Å². The fourth-order valence-corrected chi connectivity index (χ4v) is 3.58. The summed E-state index contributed by atoms with van der Waals surface area (Å²) in [5.41, 5.74) is 0. The average molecular weight is 267 g/mol. The van der Waals surface area contributed by atoms with E-state index in [1.54, 1.807) is 0 Å². The molecule has 0 aromatic heterocycles. The Balaban J connectivity index is 1.71. The Morgan fingerprint density at radius 1 is 1.11 bits per heavy atom. The zero-order chi connectivity index (χ0) is 13.5. The van der Waals surface area contributed by atoms with Crippen molar-refractivity contribution in [2.45, 2.75) is 64.5 Å². The summed E-state index contributed by atoms with van der Waals surface area (Å²) >= 11 is 0. The number of piperidine rings is 2. The van der Waals surface area contributed by atoms with Crippen LogP contribution in [0.15, 0.2) is 0 Å². The van der Waals surface area contributed by atoms with Gasteiger partial charge in [0, 0.05) is 25.2 Å². The van der Waals surface area contributed by atoms with Gasteiger partial charge in [0.1, 0.15) is 0 Å². The summed E-state index contributed by atoms with van der Waals surface area (Å²) in [4.78, 5) is 5.39. The second-order valence-electron chi connectivity index (χ2n) is 6.50. The Bertz CT molecular complexity index is 238. The van der Waals surface area contributed by atoms with Crippen molar-refractivity contribution in [3.05, 3.63) is 0 Å². The maximum atomic E-state index is 3.70. The molecule has 2 rings (SSSR count). The van der Waals surface area contributed by atoms with E-state index in [-0.39, 0.29) is 0 Å². The molecule has 3 nitrogen and oxygen atoms in total. The predicted molar refractivity (Wildman–Crippen MR) is 82.6 cm³/mol. The molecule has 2 saturated heterocycles. The molecule has 2 fully saturated rings. The first-order valence-electron chi connectivity index (χ1n) is 8.49. The van der Waals surface area contributed by atoms with Gasteiger partial charge in [0.05, 0.1) is 0 Å². The third-order valence-electron chi connectivity index (χ3n) is 4.72. The van der Waals surface area contributed by atoms with Gasteiger partial charge in [-0.15, -0.1) is 0 Å². The minimum atomic E-state index is 0.738. The van der Waals surface area contributed by atoms with Crippen molar-refractivity contribution in [2.75, 3.05) is 39.3 Å². The SMILES string of the molecule is CCCNC1CCCN(CC(C)N2CCCCC2)C1. The van der Waals surface area contributed by atoms with Crippen molar-refractivity contribution in [2.24, 2.45) is 0 Å². The van der Waals surface area contributed by atoms with Crippen LogP contribution in [0.4, 0.5) is 0 Å². The molecule has 112 valence electrons. The zero-order valence-corrected chi connectivity index (χ0v) is 13.0. The molecule has 2 unspecified atom stereocenters. The summed E-state index contributed by atoms with van der Waals surface area (Å²) in [6.07, 6.45) is 8.25. The van der Waals surface area contributed by atoms with E-state index in [4.69, 9.17) is 0 Å². The summed E-state index contributed by atoms with van der Waals surface area (Å²) in [5.74, 6) is 0. The van der Waals surface area contributed by atoms with Gasteiger partial charge in [-0.1, -0.05) is 13.3 Å². The predicted octanol–water partition coefficient (Wildman–Crippen LogP) is 2.32. The summed E-state index contributed by atoms with van der Waals surface area (Å²) in [6.45, 7) is 12.4. The van der Waals surface area contributed by atoms with Crippen LogP contribution in [0.25, 0.3) is 0 Å². The van der Waals surface area contributed by atoms with E-state index in [2.05, 4.69) is 29.0 Å². The van der Waals surface area contributed by atoms with Crippen LogP contribution in [0.1, 0.15) is 52.4 Å². The number of hydrogen-bond donors (Lipinski definition) is 1. The van der Waals surface area contributed by atoms with Gasteiger partial charge in [0.25, 0.3) is 0 Å². The molecule has 0 aromatic rings. The Hall–Kier alpha value is -0.120. The molecule has 0 spiro atoms. The van der Waals surface area contributed by atoms with E-state index in [9.17, 15) is 0 Å². The molecule has 2 aliphatic heterocycles. The minimum absolute atomic E-state index is 0.738. The maximum absolute atomic E-state index is 3.70. The van der Waals surface area contributed by atoms with Crippen LogP contribution in [0, 0.1) is 0 Å². The Morgan fingerprint density at radius 3 is 2.63 bits per heavy atom. The summed E-state index contributed by atoms with van der Waals surface area (Å²) in [6, 6.07) is 1.48. The quantitative estimate of drug-likeness (QED) is 0.797. The van der Waals surface area contributed by atoms with Gasteiger partial charge in [-0.2, -0.15) is 0 Å². The molecule has 0 bridgehead atoms. The van der Waals surface area contributed by atoms with Crippen molar-refractivity contribution < 1.29 is 0 Å². The Morgan fingerprint density at radius 2 is 1.89 bits per heavy atom. The lowest BCUT2D eigenvalue weighted by molar-refractivity contribution is 0.108. The molecule has 2 aliphatic rings. The molecule has 0 aliphatic carbocycles. The van der Waals surface area contributed by atoms with Crippen LogP contribution < -0.4 is 5.32 Å². The number of nitrogens with zero attached hydrogens (tertiary/aromatic N) is 2. The highest BCUT2D eigenvalue weighted by Gasteiger charge is 2.23. The minimum Gasteiger partial charge on any atom is -0.313 e. The molecular weight excluding hydrogens is 234 g/mol.